The van der Waals surface area contributed by atoms with Crippen LogP contribution in [0.2, 0.25) is 10.0 Å². The van der Waals surface area contributed by atoms with Gasteiger partial charge in [-0.05, 0) is 42.8 Å². The summed E-state index contributed by atoms with van der Waals surface area (Å²) in [4.78, 5) is 11.6. The molecule has 3 rings (SSSR count). The Morgan fingerprint density at radius 2 is 2.04 bits per heavy atom. The van der Waals surface area contributed by atoms with Crippen LogP contribution in [0.5, 0.6) is 11.5 Å². The number of halogens is 2. The Morgan fingerprint density at radius 1 is 1.21 bits per heavy atom. The minimum absolute atomic E-state index is 0.211. The van der Waals surface area contributed by atoms with Crippen LogP contribution < -0.4 is 10.4 Å². The fourth-order valence-electron chi connectivity index (χ4n) is 2.39. The number of benzene rings is 2. The van der Waals surface area contributed by atoms with Gasteiger partial charge in [0, 0.05) is 18.0 Å². The Morgan fingerprint density at radius 3 is 2.79 bits per heavy atom. The molecule has 0 unspecified atom stereocenters. The molecule has 3 aromatic rings. The molecule has 124 valence electrons. The first-order valence-corrected chi connectivity index (χ1v) is 8.18. The summed E-state index contributed by atoms with van der Waals surface area (Å²) in [7, 11) is 0. The van der Waals surface area contributed by atoms with Crippen molar-refractivity contribution in [1.29, 1.82) is 0 Å². The summed E-state index contributed by atoms with van der Waals surface area (Å²) in [6, 6.07) is 12.6. The molecule has 0 spiro atoms. The van der Waals surface area contributed by atoms with Gasteiger partial charge in [0.15, 0.2) is 0 Å². The summed E-state index contributed by atoms with van der Waals surface area (Å²) in [6.07, 6.45) is 0.496. The molecule has 2 aromatic carbocycles. The average molecular weight is 364 g/mol. The SMILES string of the molecule is CCn1c(Cc2ccc(Cl)c(Oc3cccc(Cl)c3)c2)n[nH]c1=O. The number of ether oxygens (including phenoxy) is 1. The zero-order valence-electron chi connectivity index (χ0n) is 12.9. The third kappa shape index (κ3) is 3.63. The Bertz CT molecular complexity index is 918. The lowest BCUT2D eigenvalue weighted by Crippen LogP contribution is -2.17. The summed E-state index contributed by atoms with van der Waals surface area (Å²) in [6.45, 7) is 2.46. The van der Waals surface area contributed by atoms with E-state index in [2.05, 4.69) is 10.2 Å². The van der Waals surface area contributed by atoms with Gasteiger partial charge in [-0.3, -0.25) is 4.57 Å². The Kier molecular flexibility index (Phi) is 4.92. The van der Waals surface area contributed by atoms with E-state index in [4.69, 9.17) is 27.9 Å². The van der Waals surface area contributed by atoms with E-state index in [0.29, 0.717) is 40.3 Å². The van der Waals surface area contributed by atoms with Gasteiger partial charge in [0.25, 0.3) is 0 Å². The zero-order valence-corrected chi connectivity index (χ0v) is 14.4. The number of H-pyrrole nitrogens is 1. The predicted octanol–water partition coefficient (Wildman–Crippen LogP) is 4.28. The van der Waals surface area contributed by atoms with Gasteiger partial charge in [0.05, 0.1) is 5.02 Å². The van der Waals surface area contributed by atoms with Gasteiger partial charge in [-0.1, -0.05) is 35.3 Å². The van der Waals surface area contributed by atoms with E-state index >= 15 is 0 Å². The molecule has 1 heterocycles. The van der Waals surface area contributed by atoms with Gasteiger partial charge in [-0.2, -0.15) is 5.10 Å². The van der Waals surface area contributed by atoms with Gasteiger partial charge in [-0.25, -0.2) is 9.89 Å². The fourth-order valence-corrected chi connectivity index (χ4v) is 2.72. The highest BCUT2D eigenvalue weighted by molar-refractivity contribution is 6.32. The summed E-state index contributed by atoms with van der Waals surface area (Å²) in [5.41, 5.74) is 0.724. The molecule has 0 radical (unpaired) electrons. The lowest BCUT2D eigenvalue weighted by Gasteiger charge is -2.10. The fraction of sp³-hybridized carbons (Fsp3) is 0.176. The summed E-state index contributed by atoms with van der Waals surface area (Å²) in [5, 5.41) is 7.61. The maximum absolute atomic E-state index is 11.6. The predicted molar refractivity (Wildman–Crippen MR) is 94.3 cm³/mol. The van der Waals surface area contributed by atoms with Crippen molar-refractivity contribution in [3.8, 4) is 11.5 Å². The number of hydrogen-bond donors (Lipinski definition) is 1. The van der Waals surface area contributed by atoms with E-state index in [0.717, 1.165) is 5.56 Å². The quantitative estimate of drug-likeness (QED) is 0.735. The molecule has 7 heteroatoms. The van der Waals surface area contributed by atoms with Crippen molar-refractivity contribution in [2.75, 3.05) is 0 Å². The third-order valence-corrected chi connectivity index (χ3v) is 4.08. The summed E-state index contributed by atoms with van der Waals surface area (Å²) in [5.74, 6) is 1.79. The molecule has 0 amide bonds. The molecule has 24 heavy (non-hydrogen) atoms. The number of rotatable bonds is 5. The van der Waals surface area contributed by atoms with Crippen molar-refractivity contribution in [2.24, 2.45) is 0 Å². The second-order valence-electron chi connectivity index (χ2n) is 5.19. The van der Waals surface area contributed by atoms with E-state index in [-0.39, 0.29) is 5.69 Å². The maximum Gasteiger partial charge on any atom is 0.343 e. The first-order valence-electron chi connectivity index (χ1n) is 7.42. The molecular weight excluding hydrogens is 349 g/mol. The largest absolute Gasteiger partial charge is 0.456 e. The van der Waals surface area contributed by atoms with Crippen molar-refractivity contribution in [2.45, 2.75) is 19.9 Å². The van der Waals surface area contributed by atoms with Crippen molar-refractivity contribution in [3.05, 3.63) is 74.4 Å². The molecule has 0 fully saturated rings. The Hall–Kier alpha value is -2.24. The minimum Gasteiger partial charge on any atom is -0.456 e. The first-order chi connectivity index (χ1) is 11.6. The number of nitrogens with one attached hydrogen (secondary N) is 1. The molecule has 0 saturated heterocycles. The van der Waals surface area contributed by atoms with E-state index < -0.39 is 0 Å². The Labute approximate surface area is 148 Å². The zero-order chi connectivity index (χ0) is 17.1. The second kappa shape index (κ2) is 7.11. The smallest absolute Gasteiger partial charge is 0.343 e. The van der Waals surface area contributed by atoms with Crippen LogP contribution in [0.1, 0.15) is 18.3 Å². The normalized spacial score (nSPS) is 10.8. The van der Waals surface area contributed by atoms with E-state index in [1.807, 2.05) is 19.1 Å². The summed E-state index contributed by atoms with van der Waals surface area (Å²) < 4.78 is 7.41. The molecule has 0 saturated carbocycles. The van der Waals surface area contributed by atoms with Crippen LogP contribution in [0.3, 0.4) is 0 Å². The lowest BCUT2D eigenvalue weighted by atomic mass is 10.1. The van der Waals surface area contributed by atoms with E-state index in [1.165, 1.54) is 0 Å². The molecule has 0 aliphatic carbocycles. The van der Waals surface area contributed by atoms with Crippen molar-refractivity contribution in [3.63, 3.8) is 0 Å². The highest BCUT2D eigenvalue weighted by Crippen LogP contribution is 2.31. The number of hydrogen-bond acceptors (Lipinski definition) is 3. The molecule has 0 atom stereocenters. The number of aromatic amines is 1. The van der Waals surface area contributed by atoms with Crippen LogP contribution in [0.25, 0.3) is 0 Å². The van der Waals surface area contributed by atoms with Gasteiger partial charge in [0.1, 0.15) is 17.3 Å². The lowest BCUT2D eigenvalue weighted by molar-refractivity contribution is 0.482. The molecule has 1 aromatic heterocycles. The minimum atomic E-state index is -0.211. The molecule has 0 aliphatic heterocycles. The van der Waals surface area contributed by atoms with E-state index in [9.17, 15) is 4.79 Å². The van der Waals surface area contributed by atoms with Gasteiger partial charge in [0.2, 0.25) is 0 Å². The Balaban J connectivity index is 1.87. The molecule has 5 nitrogen and oxygen atoms in total. The van der Waals surface area contributed by atoms with Crippen molar-refractivity contribution < 1.29 is 4.74 Å². The molecule has 1 N–H and O–H groups in total. The maximum atomic E-state index is 11.6. The van der Waals surface area contributed by atoms with Crippen molar-refractivity contribution in [1.82, 2.24) is 14.8 Å². The number of aromatic nitrogens is 3. The topological polar surface area (TPSA) is 59.9 Å². The van der Waals surface area contributed by atoms with Gasteiger partial charge in [-0.15, -0.1) is 0 Å². The molecule has 0 bridgehead atoms. The van der Waals surface area contributed by atoms with Gasteiger partial charge < -0.3 is 4.74 Å². The van der Waals surface area contributed by atoms with Crippen LogP contribution in [-0.4, -0.2) is 14.8 Å². The highest BCUT2D eigenvalue weighted by Gasteiger charge is 2.10. The van der Waals surface area contributed by atoms with Crippen LogP contribution in [-0.2, 0) is 13.0 Å². The molecular formula is C17H15Cl2N3O2. The van der Waals surface area contributed by atoms with Gasteiger partial charge >= 0.3 is 5.69 Å². The number of nitrogens with zero attached hydrogens (tertiary/aromatic N) is 2. The third-order valence-electron chi connectivity index (χ3n) is 3.54. The van der Waals surface area contributed by atoms with Crippen LogP contribution >= 0.6 is 23.2 Å². The van der Waals surface area contributed by atoms with Crippen LogP contribution in [0.15, 0.2) is 47.3 Å². The average Bonchev–Trinajstić information content (AvgIpc) is 2.90. The van der Waals surface area contributed by atoms with Crippen LogP contribution in [0, 0.1) is 0 Å². The highest BCUT2D eigenvalue weighted by atomic mass is 35.5. The van der Waals surface area contributed by atoms with Crippen molar-refractivity contribution >= 4 is 23.2 Å². The monoisotopic (exact) mass is 363 g/mol. The molecule has 0 aliphatic rings. The summed E-state index contributed by atoms with van der Waals surface area (Å²) >= 11 is 12.2. The first kappa shape index (κ1) is 16.6. The van der Waals surface area contributed by atoms with E-state index in [1.54, 1.807) is 34.9 Å². The standard InChI is InChI=1S/C17H15Cl2N3O2/c1-2-22-16(20-21-17(22)23)9-11-6-7-14(19)15(8-11)24-13-5-3-4-12(18)10-13/h3-8,10H,2,9H2,1H3,(H,21,23). The van der Waals surface area contributed by atoms with Crippen LogP contribution in [0.4, 0.5) is 0 Å². The second-order valence-corrected chi connectivity index (χ2v) is 6.03.